The minimum atomic E-state index is -0.158. The normalized spacial score (nSPS) is 11.4. The van der Waals surface area contributed by atoms with Crippen LogP contribution in [0.25, 0.3) is 0 Å². The van der Waals surface area contributed by atoms with Crippen LogP contribution in [0.4, 0.5) is 4.39 Å². The molecule has 0 aliphatic heterocycles. The molecule has 0 fully saturated rings. The summed E-state index contributed by atoms with van der Waals surface area (Å²) < 4.78 is 15.6. The van der Waals surface area contributed by atoms with Crippen molar-refractivity contribution < 1.29 is 4.39 Å². The van der Waals surface area contributed by atoms with E-state index < -0.39 is 0 Å². The second-order valence-electron chi connectivity index (χ2n) is 4.69. The molecular formula is C16H21FN4. The third-order valence-corrected chi connectivity index (χ3v) is 3.20. The fraction of sp³-hybridized carbons (Fsp3) is 0.312. The molecule has 0 radical (unpaired) electrons. The molecule has 112 valence electrons. The van der Waals surface area contributed by atoms with Gasteiger partial charge in [-0.15, -0.1) is 0 Å². The van der Waals surface area contributed by atoms with Crippen molar-refractivity contribution in [3.63, 3.8) is 0 Å². The van der Waals surface area contributed by atoms with Gasteiger partial charge in [0.15, 0.2) is 5.96 Å². The average Bonchev–Trinajstić information content (AvgIpc) is 3.01. The zero-order valence-electron chi connectivity index (χ0n) is 12.2. The van der Waals surface area contributed by atoms with Gasteiger partial charge in [-0.1, -0.05) is 18.2 Å². The van der Waals surface area contributed by atoms with Gasteiger partial charge in [-0.05, 0) is 30.2 Å². The van der Waals surface area contributed by atoms with E-state index in [9.17, 15) is 4.39 Å². The lowest BCUT2D eigenvalue weighted by Crippen LogP contribution is -2.39. The van der Waals surface area contributed by atoms with Gasteiger partial charge in [0.05, 0.1) is 0 Å². The quantitative estimate of drug-likeness (QED) is 0.631. The summed E-state index contributed by atoms with van der Waals surface area (Å²) in [5.41, 5.74) is 0.716. The predicted molar refractivity (Wildman–Crippen MR) is 83.9 cm³/mol. The van der Waals surface area contributed by atoms with Crippen molar-refractivity contribution in [2.75, 3.05) is 20.1 Å². The first kappa shape index (κ1) is 15.1. The molecule has 21 heavy (non-hydrogen) atoms. The van der Waals surface area contributed by atoms with Crippen LogP contribution in [-0.2, 0) is 13.0 Å². The second kappa shape index (κ2) is 8.09. The van der Waals surface area contributed by atoms with Gasteiger partial charge in [-0.2, -0.15) is 0 Å². The van der Waals surface area contributed by atoms with E-state index in [1.54, 1.807) is 19.2 Å². The number of benzene rings is 1. The number of hydrogen-bond acceptors (Lipinski definition) is 1. The summed E-state index contributed by atoms with van der Waals surface area (Å²) in [4.78, 5) is 4.15. The van der Waals surface area contributed by atoms with Crippen molar-refractivity contribution in [1.29, 1.82) is 0 Å². The predicted octanol–water partition coefficient (Wildman–Crippen LogP) is 2.03. The maximum atomic E-state index is 13.5. The molecule has 0 unspecified atom stereocenters. The fourth-order valence-electron chi connectivity index (χ4n) is 2.06. The van der Waals surface area contributed by atoms with E-state index in [0.29, 0.717) is 18.5 Å². The van der Waals surface area contributed by atoms with Crippen molar-refractivity contribution in [2.24, 2.45) is 4.99 Å². The van der Waals surface area contributed by atoms with Crippen LogP contribution >= 0.6 is 0 Å². The van der Waals surface area contributed by atoms with Gasteiger partial charge in [0.25, 0.3) is 0 Å². The van der Waals surface area contributed by atoms with Crippen LogP contribution in [0.1, 0.15) is 5.56 Å². The lowest BCUT2D eigenvalue weighted by atomic mass is 10.1. The first-order valence-electron chi connectivity index (χ1n) is 7.08. The van der Waals surface area contributed by atoms with E-state index in [1.165, 1.54) is 6.07 Å². The Morgan fingerprint density at radius 2 is 1.81 bits per heavy atom. The van der Waals surface area contributed by atoms with Crippen LogP contribution in [0, 0.1) is 5.82 Å². The van der Waals surface area contributed by atoms with Crippen LogP contribution in [-0.4, -0.2) is 30.7 Å². The molecule has 2 N–H and O–H groups in total. The second-order valence-corrected chi connectivity index (χ2v) is 4.69. The highest BCUT2D eigenvalue weighted by atomic mass is 19.1. The molecule has 1 aromatic carbocycles. The van der Waals surface area contributed by atoms with Gasteiger partial charge in [0.1, 0.15) is 5.82 Å². The van der Waals surface area contributed by atoms with Crippen molar-refractivity contribution in [2.45, 2.75) is 13.0 Å². The summed E-state index contributed by atoms with van der Waals surface area (Å²) in [5, 5.41) is 6.42. The zero-order chi connectivity index (χ0) is 14.9. The lowest BCUT2D eigenvalue weighted by molar-refractivity contribution is 0.606. The highest BCUT2D eigenvalue weighted by Gasteiger charge is 2.01. The van der Waals surface area contributed by atoms with Crippen LogP contribution in [0.2, 0.25) is 0 Å². The van der Waals surface area contributed by atoms with E-state index in [2.05, 4.69) is 20.2 Å². The molecule has 1 aromatic heterocycles. The molecule has 0 aliphatic rings. The van der Waals surface area contributed by atoms with Gasteiger partial charge < -0.3 is 15.2 Å². The molecule has 1 heterocycles. The molecular weight excluding hydrogens is 267 g/mol. The Kier molecular flexibility index (Phi) is 5.82. The number of halogens is 1. The van der Waals surface area contributed by atoms with Crippen LogP contribution < -0.4 is 10.6 Å². The van der Waals surface area contributed by atoms with Gasteiger partial charge in [0.2, 0.25) is 0 Å². The third-order valence-electron chi connectivity index (χ3n) is 3.20. The summed E-state index contributed by atoms with van der Waals surface area (Å²) in [5.74, 6) is 0.577. The molecule has 4 nitrogen and oxygen atoms in total. The Bertz CT molecular complexity index is 563. The first-order valence-corrected chi connectivity index (χ1v) is 7.08. The average molecular weight is 288 g/mol. The largest absolute Gasteiger partial charge is 0.356 e. The van der Waals surface area contributed by atoms with Crippen molar-refractivity contribution in [1.82, 2.24) is 15.2 Å². The van der Waals surface area contributed by atoms with Gasteiger partial charge in [0, 0.05) is 39.1 Å². The van der Waals surface area contributed by atoms with Crippen LogP contribution in [0.3, 0.4) is 0 Å². The Morgan fingerprint density at radius 1 is 1.10 bits per heavy atom. The number of aliphatic imine (C=N–C) groups is 1. The summed E-state index contributed by atoms with van der Waals surface area (Å²) in [6.45, 7) is 2.30. The number of hydrogen-bond donors (Lipinski definition) is 2. The van der Waals surface area contributed by atoms with E-state index in [1.807, 2.05) is 30.6 Å². The third kappa shape index (κ3) is 4.95. The molecule has 2 rings (SSSR count). The molecule has 0 bridgehead atoms. The molecule has 0 saturated carbocycles. The SMILES string of the molecule is CN=C(NCCc1ccccc1F)NCCn1cccc1. The van der Waals surface area contributed by atoms with Crippen LogP contribution in [0.5, 0.6) is 0 Å². The number of nitrogens with one attached hydrogen (secondary N) is 2. The molecule has 0 amide bonds. The van der Waals surface area contributed by atoms with E-state index in [-0.39, 0.29) is 5.82 Å². The molecule has 2 aromatic rings. The maximum Gasteiger partial charge on any atom is 0.191 e. The monoisotopic (exact) mass is 288 g/mol. The first-order chi connectivity index (χ1) is 10.3. The topological polar surface area (TPSA) is 41.4 Å². The van der Waals surface area contributed by atoms with Gasteiger partial charge in [-0.25, -0.2) is 4.39 Å². The van der Waals surface area contributed by atoms with E-state index in [0.717, 1.165) is 19.0 Å². The van der Waals surface area contributed by atoms with Crippen molar-refractivity contribution in [3.8, 4) is 0 Å². The summed E-state index contributed by atoms with van der Waals surface area (Å²) in [6.07, 6.45) is 4.68. The van der Waals surface area contributed by atoms with Gasteiger partial charge >= 0.3 is 0 Å². The standard InChI is InChI=1S/C16H21FN4/c1-18-16(20-10-13-21-11-4-5-12-21)19-9-8-14-6-2-3-7-15(14)17/h2-7,11-12H,8-10,13H2,1H3,(H2,18,19,20). The zero-order valence-corrected chi connectivity index (χ0v) is 12.2. The van der Waals surface area contributed by atoms with Gasteiger partial charge in [-0.3, -0.25) is 4.99 Å². The van der Waals surface area contributed by atoms with Crippen molar-refractivity contribution in [3.05, 3.63) is 60.2 Å². The molecule has 0 atom stereocenters. The van der Waals surface area contributed by atoms with Crippen LogP contribution in [0.15, 0.2) is 53.8 Å². The maximum absolute atomic E-state index is 13.5. The Labute approximate surface area is 124 Å². The molecule has 5 heteroatoms. The molecule has 0 spiro atoms. The summed E-state index contributed by atoms with van der Waals surface area (Å²) in [7, 11) is 1.73. The smallest absolute Gasteiger partial charge is 0.191 e. The Morgan fingerprint density at radius 3 is 2.52 bits per heavy atom. The summed E-state index contributed by atoms with van der Waals surface area (Å²) >= 11 is 0. The Balaban J connectivity index is 1.69. The highest BCUT2D eigenvalue weighted by molar-refractivity contribution is 5.79. The number of rotatable bonds is 6. The number of aromatic nitrogens is 1. The summed E-state index contributed by atoms with van der Waals surface area (Å²) in [6, 6.07) is 10.8. The minimum absolute atomic E-state index is 0.158. The lowest BCUT2D eigenvalue weighted by Gasteiger charge is -2.12. The van der Waals surface area contributed by atoms with Crippen molar-refractivity contribution >= 4 is 5.96 Å². The Hall–Kier alpha value is -2.30. The highest BCUT2D eigenvalue weighted by Crippen LogP contribution is 2.05. The molecule has 0 saturated heterocycles. The van der Waals surface area contributed by atoms with E-state index in [4.69, 9.17) is 0 Å². The minimum Gasteiger partial charge on any atom is -0.356 e. The molecule has 0 aliphatic carbocycles. The number of guanidine groups is 1. The number of nitrogens with zero attached hydrogens (tertiary/aromatic N) is 2. The fourth-order valence-corrected chi connectivity index (χ4v) is 2.06. The van der Waals surface area contributed by atoms with E-state index >= 15 is 0 Å².